The van der Waals surface area contributed by atoms with Crippen LogP contribution < -0.4 is 15.9 Å². The van der Waals surface area contributed by atoms with Crippen LogP contribution in [0.5, 0.6) is 0 Å². The SMILES string of the molecule is CCCCOC(CCCCC/C=C\CCC[P+](c1ccc(C)cc1)(c1ccc(C)cc1)c1ccc(C)cc1)OCCCC. The Labute approximate surface area is 264 Å². The van der Waals surface area contributed by atoms with Gasteiger partial charge < -0.3 is 9.47 Å². The first-order valence-electron chi connectivity index (χ1n) is 17.0. The number of aryl methyl sites for hydroxylation is 3. The number of hydrogen-bond acceptors (Lipinski definition) is 2. The van der Waals surface area contributed by atoms with Gasteiger partial charge in [-0.15, -0.1) is 0 Å². The van der Waals surface area contributed by atoms with Crippen molar-refractivity contribution in [2.75, 3.05) is 19.4 Å². The maximum atomic E-state index is 6.01. The van der Waals surface area contributed by atoms with Gasteiger partial charge in [-0.1, -0.05) is 98.4 Å². The molecule has 0 fully saturated rings. The van der Waals surface area contributed by atoms with Gasteiger partial charge in [0.25, 0.3) is 0 Å². The van der Waals surface area contributed by atoms with Crippen LogP contribution in [0.25, 0.3) is 0 Å². The molecule has 0 radical (unpaired) electrons. The summed E-state index contributed by atoms with van der Waals surface area (Å²) in [6.45, 7) is 12.6. The van der Waals surface area contributed by atoms with Crippen LogP contribution in [0.15, 0.2) is 84.9 Å². The normalized spacial score (nSPS) is 12.0. The number of unbranched alkanes of at least 4 members (excludes halogenated alkanes) is 6. The summed E-state index contributed by atoms with van der Waals surface area (Å²) in [5.41, 5.74) is 3.96. The van der Waals surface area contributed by atoms with E-state index in [1.807, 2.05) is 0 Å². The first kappa shape index (κ1) is 35.2. The van der Waals surface area contributed by atoms with Gasteiger partial charge >= 0.3 is 0 Å². The minimum atomic E-state index is -1.77. The molecule has 0 bridgehead atoms. The zero-order valence-electron chi connectivity index (χ0n) is 27.8. The van der Waals surface area contributed by atoms with Gasteiger partial charge in [0.2, 0.25) is 0 Å². The predicted octanol–water partition coefficient (Wildman–Crippen LogP) is 10.2. The van der Waals surface area contributed by atoms with Crippen LogP contribution in [0.1, 0.15) is 101 Å². The molecule has 3 aromatic carbocycles. The zero-order chi connectivity index (χ0) is 30.8. The second kappa shape index (κ2) is 19.9. The highest BCUT2D eigenvalue weighted by atomic mass is 31.2. The molecule has 3 heteroatoms. The molecular weight excluding hydrogens is 543 g/mol. The van der Waals surface area contributed by atoms with Crippen LogP contribution in [-0.4, -0.2) is 25.7 Å². The molecule has 0 saturated carbocycles. The number of allylic oxidation sites excluding steroid dienone is 2. The van der Waals surface area contributed by atoms with Crippen LogP contribution >= 0.6 is 7.26 Å². The average molecular weight is 602 g/mol. The molecule has 0 spiro atoms. The smallest absolute Gasteiger partial charge is 0.157 e. The Morgan fingerprint density at radius 1 is 0.535 bits per heavy atom. The number of benzene rings is 3. The van der Waals surface area contributed by atoms with Gasteiger partial charge in [0.1, 0.15) is 23.2 Å². The molecule has 0 aliphatic rings. The molecule has 0 amide bonds. The fourth-order valence-electron chi connectivity index (χ4n) is 5.60. The molecule has 0 N–H and O–H groups in total. The fourth-order valence-corrected chi connectivity index (χ4v) is 9.90. The molecule has 0 aromatic heterocycles. The standard InChI is InChI=1S/C40H58O2P/c1-6-8-31-41-40(42-32-9-7-2)18-16-14-12-10-11-13-15-17-33-43(37-25-19-34(3)20-26-37,38-27-21-35(4)22-28-38)39-29-23-36(5)24-30-39/h11,13,19-30,40H,6-10,12,14-18,31-33H2,1-5H3/q+1/b13-11-. The highest BCUT2D eigenvalue weighted by molar-refractivity contribution is 7.95. The fraction of sp³-hybridized carbons (Fsp3) is 0.500. The Hall–Kier alpha value is -2.25. The monoisotopic (exact) mass is 601 g/mol. The summed E-state index contributed by atoms with van der Waals surface area (Å²) in [6, 6.07) is 28.1. The van der Waals surface area contributed by atoms with Gasteiger partial charge in [0.15, 0.2) is 6.29 Å². The first-order valence-corrected chi connectivity index (χ1v) is 18.9. The number of ether oxygens (including phenoxy) is 2. The lowest BCUT2D eigenvalue weighted by Crippen LogP contribution is -2.33. The summed E-state index contributed by atoms with van der Waals surface area (Å²) in [5, 5.41) is 4.47. The quantitative estimate of drug-likeness (QED) is 0.0523. The summed E-state index contributed by atoms with van der Waals surface area (Å²) < 4.78 is 12.0. The van der Waals surface area contributed by atoms with Crippen LogP contribution in [0.2, 0.25) is 0 Å². The minimum Gasteiger partial charge on any atom is -0.353 e. The molecule has 0 aliphatic carbocycles. The van der Waals surface area contributed by atoms with E-state index in [0.717, 1.165) is 45.3 Å². The number of rotatable bonds is 21. The third-order valence-electron chi connectivity index (χ3n) is 8.37. The lowest BCUT2D eigenvalue weighted by molar-refractivity contribution is -0.147. The van der Waals surface area contributed by atoms with Crippen LogP contribution in [0, 0.1) is 20.8 Å². The van der Waals surface area contributed by atoms with Gasteiger partial charge in [-0.3, -0.25) is 0 Å². The summed E-state index contributed by atoms with van der Waals surface area (Å²) >= 11 is 0. The summed E-state index contributed by atoms with van der Waals surface area (Å²) in [7, 11) is -1.77. The largest absolute Gasteiger partial charge is 0.353 e. The van der Waals surface area contributed by atoms with Crippen LogP contribution in [0.3, 0.4) is 0 Å². The van der Waals surface area contributed by atoms with E-state index >= 15 is 0 Å². The van der Waals surface area contributed by atoms with Crippen LogP contribution in [-0.2, 0) is 9.47 Å². The topological polar surface area (TPSA) is 18.5 Å². The maximum absolute atomic E-state index is 6.01. The molecule has 3 rings (SSSR count). The van der Waals surface area contributed by atoms with Crippen molar-refractivity contribution in [3.8, 4) is 0 Å². The second-order valence-corrected chi connectivity index (χ2v) is 15.8. The Kier molecular flexibility index (Phi) is 16.3. The number of hydrogen-bond donors (Lipinski definition) is 0. The van der Waals surface area contributed by atoms with Gasteiger partial charge in [0.05, 0.1) is 6.16 Å². The Balaban J connectivity index is 1.58. The maximum Gasteiger partial charge on any atom is 0.157 e. The lowest BCUT2D eigenvalue weighted by atomic mass is 10.1. The van der Waals surface area contributed by atoms with Crippen molar-refractivity contribution < 1.29 is 9.47 Å². The predicted molar refractivity (Wildman–Crippen MR) is 191 cm³/mol. The van der Waals surface area contributed by atoms with Crippen molar-refractivity contribution in [1.29, 1.82) is 0 Å². The van der Waals surface area contributed by atoms with Gasteiger partial charge in [0, 0.05) is 13.2 Å². The van der Waals surface area contributed by atoms with E-state index in [1.165, 1.54) is 77.3 Å². The molecule has 2 nitrogen and oxygen atoms in total. The van der Waals surface area contributed by atoms with Gasteiger partial charge in [-0.05, 0) is 109 Å². The van der Waals surface area contributed by atoms with Gasteiger partial charge in [-0.25, -0.2) is 0 Å². The van der Waals surface area contributed by atoms with Crippen molar-refractivity contribution >= 4 is 23.2 Å². The van der Waals surface area contributed by atoms with Crippen LogP contribution in [0.4, 0.5) is 0 Å². The van der Waals surface area contributed by atoms with E-state index in [1.54, 1.807) is 0 Å². The third-order valence-corrected chi connectivity index (χ3v) is 12.9. The summed E-state index contributed by atoms with van der Waals surface area (Å²) in [6.07, 6.45) is 18.7. The van der Waals surface area contributed by atoms with E-state index in [4.69, 9.17) is 9.47 Å². The van der Waals surface area contributed by atoms with Crippen molar-refractivity contribution in [3.63, 3.8) is 0 Å². The average Bonchev–Trinajstić information content (AvgIpc) is 3.01. The second-order valence-electron chi connectivity index (χ2n) is 12.2. The summed E-state index contributed by atoms with van der Waals surface area (Å²) in [5.74, 6) is 0. The molecule has 234 valence electrons. The molecule has 0 unspecified atom stereocenters. The van der Waals surface area contributed by atoms with Crippen molar-refractivity contribution in [1.82, 2.24) is 0 Å². The van der Waals surface area contributed by atoms with Crippen molar-refractivity contribution in [2.24, 2.45) is 0 Å². The lowest BCUT2D eigenvalue weighted by Gasteiger charge is -2.28. The highest BCUT2D eigenvalue weighted by Crippen LogP contribution is 2.56. The molecule has 3 aromatic rings. The molecule has 0 atom stereocenters. The molecule has 0 aliphatic heterocycles. The molecule has 0 heterocycles. The molecular formula is C40H58O2P+. The Bertz CT molecular complexity index is 1040. The minimum absolute atomic E-state index is 0.0205. The highest BCUT2D eigenvalue weighted by Gasteiger charge is 2.44. The van der Waals surface area contributed by atoms with E-state index < -0.39 is 7.26 Å². The van der Waals surface area contributed by atoms with E-state index in [-0.39, 0.29) is 6.29 Å². The third kappa shape index (κ3) is 11.6. The van der Waals surface area contributed by atoms with E-state index in [0.29, 0.717) is 0 Å². The van der Waals surface area contributed by atoms with E-state index in [2.05, 4.69) is 120 Å². The molecule has 43 heavy (non-hydrogen) atoms. The van der Waals surface area contributed by atoms with E-state index in [9.17, 15) is 0 Å². The first-order chi connectivity index (χ1) is 21.0. The van der Waals surface area contributed by atoms with Crippen molar-refractivity contribution in [3.05, 3.63) is 102 Å². The summed E-state index contributed by atoms with van der Waals surface area (Å²) in [4.78, 5) is 0. The zero-order valence-corrected chi connectivity index (χ0v) is 28.7. The molecule has 0 saturated heterocycles. The van der Waals surface area contributed by atoms with Gasteiger partial charge in [-0.2, -0.15) is 0 Å². The Morgan fingerprint density at radius 2 is 0.953 bits per heavy atom. The van der Waals surface area contributed by atoms with Crippen molar-refractivity contribution in [2.45, 2.75) is 112 Å². The Morgan fingerprint density at radius 3 is 1.37 bits per heavy atom.